The van der Waals surface area contributed by atoms with Crippen LogP contribution in [0.4, 0.5) is 0 Å². The van der Waals surface area contributed by atoms with E-state index in [1.54, 1.807) is 0 Å². The topological polar surface area (TPSA) is 57.2 Å². The Morgan fingerprint density at radius 1 is 1.34 bits per heavy atom. The summed E-state index contributed by atoms with van der Waals surface area (Å²) in [4.78, 5) is 17.0. The quantitative estimate of drug-likeness (QED) is 0.654. The van der Waals surface area contributed by atoms with Crippen molar-refractivity contribution in [2.45, 2.75) is 52.1 Å². The number of nitrogens with zero attached hydrogens (tertiary/aromatic N) is 4. The minimum atomic E-state index is 0.181. The minimum Gasteiger partial charge on any atom is -0.342 e. The fourth-order valence-corrected chi connectivity index (χ4v) is 4.47. The van der Waals surface area contributed by atoms with Crippen LogP contribution in [0.2, 0.25) is 5.02 Å². The van der Waals surface area contributed by atoms with Gasteiger partial charge in [-0.05, 0) is 57.1 Å². The second-order valence-electron chi connectivity index (χ2n) is 7.90. The maximum atomic E-state index is 12.9. The van der Waals surface area contributed by atoms with Crippen molar-refractivity contribution in [2.24, 2.45) is 0 Å². The van der Waals surface area contributed by atoms with Crippen LogP contribution in [0.5, 0.6) is 0 Å². The molecule has 6 nitrogen and oxygen atoms in total. The molecular weight excluding hydrogens is 406 g/mol. The van der Waals surface area contributed by atoms with E-state index in [0.717, 1.165) is 48.9 Å². The van der Waals surface area contributed by atoms with Gasteiger partial charge in [-0.3, -0.25) is 14.8 Å². The van der Waals surface area contributed by atoms with E-state index in [-0.39, 0.29) is 11.9 Å². The van der Waals surface area contributed by atoms with Crippen LogP contribution in [0, 0.1) is 4.77 Å². The first-order valence-electron chi connectivity index (χ1n) is 10.3. The highest BCUT2D eigenvalue weighted by Crippen LogP contribution is 2.28. The lowest BCUT2D eigenvalue weighted by Crippen LogP contribution is -2.44. The number of rotatable bonds is 7. The van der Waals surface area contributed by atoms with Crippen molar-refractivity contribution in [2.75, 3.05) is 26.2 Å². The van der Waals surface area contributed by atoms with Crippen molar-refractivity contribution in [1.29, 1.82) is 0 Å². The lowest BCUT2D eigenvalue weighted by Gasteiger charge is -2.33. The Morgan fingerprint density at radius 2 is 2.03 bits per heavy atom. The molecule has 1 N–H and O–H groups in total. The predicted octanol–water partition coefficient (Wildman–Crippen LogP) is 4.40. The molecule has 8 heteroatoms. The largest absolute Gasteiger partial charge is 0.342 e. The molecule has 0 spiro atoms. The summed E-state index contributed by atoms with van der Waals surface area (Å²) in [5.41, 5.74) is 1.05. The monoisotopic (exact) mass is 435 g/mol. The molecule has 1 aliphatic rings. The van der Waals surface area contributed by atoms with Gasteiger partial charge in [0.1, 0.15) is 5.82 Å². The summed E-state index contributed by atoms with van der Waals surface area (Å²) in [6, 6.07) is 8.09. The van der Waals surface area contributed by atoms with Gasteiger partial charge >= 0.3 is 0 Å². The second-order valence-corrected chi connectivity index (χ2v) is 8.69. The number of carbonyl (C=O) groups excluding carboxylic acids is 1. The van der Waals surface area contributed by atoms with Crippen LogP contribution in [0.1, 0.15) is 57.0 Å². The first-order valence-corrected chi connectivity index (χ1v) is 11.1. The number of amides is 1. The van der Waals surface area contributed by atoms with E-state index in [2.05, 4.69) is 40.4 Å². The van der Waals surface area contributed by atoms with Gasteiger partial charge < -0.3 is 9.47 Å². The van der Waals surface area contributed by atoms with Crippen LogP contribution < -0.4 is 0 Å². The van der Waals surface area contributed by atoms with E-state index in [9.17, 15) is 4.79 Å². The molecule has 1 fully saturated rings. The van der Waals surface area contributed by atoms with Crippen molar-refractivity contribution in [3.05, 3.63) is 45.4 Å². The van der Waals surface area contributed by atoms with Crippen molar-refractivity contribution in [3.8, 4) is 0 Å². The standard InChI is InChI=1S/C21H30ClN5OS/c1-4-25(13-17-7-5-6-8-18(17)22)14-19(28)26-11-9-16(10-12-26)20-23-24-21(29)27(20)15(2)3/h5-8,15-16H,4,9-14H2,1-3H3,(H,24,29). The number of piperidine rings is 1. The Kier molecular flexibility index (Phi) is 7.49. The number of hydrogen-bond acceptors (Lipinski definition) is 4. The number of likely N-dealkylation sites (N-methyl/N-ethyl adjacent to an activating group) is 1. The average molecular weight is 436 g/mol. The highest BCUT2D eigenvalue weighted by Gasteiger charge is 2.28. The molecule has 0 unspecified atom stereocenters. The molecular formula is C21H30ClN5OS. The van der Waals surface area contributed by atoms with Crippen LogP contribution in [0.15, 0.2) is 24.3 Å². The molecule has 0 radical (unpaired) electrons. The molecule has 0 bridgehead atoms. The Bertz CT molecular complexity index is 885. The molecule has 1 aromatic carbocycles. The van der Waals surface area contributed by atoms with Crippen LogP contribution >= 0.6 is 23.8 Å². The fourth-order valence-electron chi connectivity index (χ4n) is 3.93. The number of aromatic amines is 1. The summed E-state index contributed by atoms with van der Waals surface area (Å²) in [7, 11) is 0. The maximum Gasteiger partial charge on any atom is 0.236 e. The van der Waals surface area contributed by atoms with Gasteiger partial charge in [0.05, 0.1) is 6.54 Å². The Labute approximate surface area is 182 Å². The van der Waals surface area contributed by atoms with Crippen LogP contribution in [-0.4, -0.2) is 56.7 Å². The summed E-state index contributed by atoms with van der Waals surface area (Å²) in [5.74, 6) is 1.53. The van der Waals surface area contributed by atoms with Gasteiger partial charge in [0.25, 0.3) is 0 Å². The van der Waals surface area contributed by atoms with Gasteiger partial charge in [-0.25, -0.2) is 0 Å². The third-order valence-corrected chi connectivity index (χ3v) is 6.28. The van der Waals surface area contributed by atoms with Gasteiger partial charge in [0.15, 0.2) is 4.77 Å². The average Bonchev–Trinajstić information content (AvgIpc) is 3.10. The fraction of sp³-hybridized carbons (Fsp3) is 0.571. The summed E-state index contributed by atoms with van der Waals surface area (Å²) < 4.78 is 2.77. The van der Waals surface area contributed by atoms with E-state index in [1.807, 2.05) is 29.2 Å². The number of aromatic nitrogens is 3. The number of halogens is 1. The highest BCUT2D eigenvalue weighted by molar-refractivity contribution is 7.71. The van der Waals surface area contributed by atoms with Crippen LogP contribution in [0.25, 0.3) is 0 Å². The molecule has 1 aliphatic heterocycles. The number of H-pyrrole nitrogens is 1. The number of hydrogen-bond donors (Lipinski definition) is 1. The molecule has 1 saturated heterocycles. The highest BCUT2D eigenvalue weighted by atomic mass is 35.5. The van der Waals surface area contributed by atoms with Crippen molar-refractivity contribution in [3.63, 3.8) is 0 Å². The Morgan fingerprint density at radius 3 is 2.66 bits per heavy atom. The molecule has 0 saturated carbocycles. The second kappa shape index (κ2) is 9.87. The van der Waals surface area contributed by atoms with Crippen molar-refractivity contribution < 1.29 is 4.79 Å². The van der Waals surface area contributed by atoms with Gasteiger partial charge in [0.2, 0.25) is 5.91 Å². The summed E-state index contributed by atoms with van der Waals surface area (Å²) in [5, 5.41) is 8.15. The molecule has 2 aromatic rings. The van der Waals surface area contributed by atoms with Crippen molar-refractivity contribution in [1.82, 2.24) is 24.6 Å². The van der Waals surface area contributed by atoms with Crippen molar-refractivity contribution >= 4 is 29.7 Å². The molecule has 29 heavy (non-hydrogen) atoms. The first-order chi connectivity index (χ1) is 13.9. The van der Waals surface area contributed by atoms with Crippen LogP contribution in [-0.2, 0) is 11.3 Å². The third-order valence-electron chi connectivity index (χ3n) is 5.62. The number of benzene rings is 1. The first kappa shape index (κ1) is 22.0. The zero-order valence-electron chi connectivity index (χ0n) is 17.4. The Balaban J connectivity index is 1.57. The molecule has 158 valence electrons. The van der Waals surface area contributed by atoms with E-state index in [1.165, 1.54) is 0 Å². The number of carbonyl (C=O) groups is 1. The SMILES string of the molecule is CCN(CC(=O)N1CCC(c2n[nH]c(=S)n2C(C)C)CC1)Cc1ccccc1Cl. The zero-order chi connectivity index (χ0) is 21.0. The molecule has 0 aliphatic carbocycles. The van der Waals surface area contributed by atoms with Gasteiger partial charge in [-0.2, -0.15) is 5.10 Å². The molecule has 1 amide bonds. The third kappa shape index (κ3) is 5.27. The minimum absolute atomic E-state index is 0.181. The van der Waals surface area contributed by atoms with Gasteiger partial charge in [-0.15, -0.1) is 0 Å². The number of nitrogens with one attached hydrogen (secondary N) is 1. The smallest absolute Gasteiger partial charge is 0.236 e. The van der Waals surface area contributed by atoms with Crippen LogP contribution in [0.3, 0.4) is 0 Å². The molecule has 3 rings (SSSR count). The summed E-state index contributed by atoms with van der Waals surface area (Å²) in [6.07, 6.45) is 1.82. The molecule has 0 atom stereocenters. The van der Waals surface area contributed by atoms with E-state index >= 15 is 0 Å². The summed E-state index contributed by atoms with van der Waals surface area (Å²) in [6.45, 7) is 9.72. The van der Waals surface area contributed by atoms with E-state index in [0.29, 0.717) is 23.8 Å². The normalized spacial score (nSPS) is 15.4. The molecule has 2 heterocycles. The van der Waals surface area contributed by atoms with E-state index in [4.69, 9.17) is 23.8 Å². The number of likely N-dealkylation sites (tertiary alicyclic amines) is 1. The zero-order valence-corrected chi connectivity index (χ0v) is 19.0. The van der Waals surface area contributed by atoms with Gasteiger partial charge in [0, 0.05) is 36.6 Å². The van der Waals surface area contributed by atoms with E-state index < -0.39 is 0 Å². The molecule has 1 aromatic heterocycles. The lowest BCUT2D eigenvalue weighted by atomic mass is 9.95. The Hall–Kier alpha value is -1.70. The summed E-state index contributed by atoms with van der Waals surface area (Å²) >= 11 is 11.7. The maximum absolute atomic E-state index is 12.9. The predicted molar refractivity (Wildman–Crippen MR) is 119 cm³/mol. The van der Waals surface area contributed by atoms with Gasteiger partial charge in [-0.1, -0.05) is 36.7 Å². The lowest BCUT2D eigenvalue weighted by molar-refractivity contribution is -0.133.